The van der Waals surface area contributed by atoms with Crippen LogP contribution in [-0.4, -0.2) is 18.4 Å². The Morgan fingerprint density at radius 3 is 2.65 bits per heavy atom. The van der Waals surface area contributed by atoms with Crippen molar-refractivity contribution in [3.05, 3.63) is 48.6 Å². The highest BCUT2D eigenvalue weighted by molar-refractivity contribution is 5.87. The van der Waals surface area contributed by atoms with Gasteiger partial charge in [-0.25, -0.2) is 0 Å². The van der Waals surface area contributed by atoms with E-state index < -0.39 is 11.8 Å². The molecular weight excluding hydrogens is 224 g/mol. The van der Waals surface area contributed by atoms with Crippen molar-refractivity contribution >= 4 is 5.91 Å². The van der Waals surface area contributed by atoms with E-state index in [0.29, 0.717) is 5.56 Å². The predicted octanol–water partition coefficient (Wildman–Crippen LogP) is 1.98. The topological polar surface area (TPSA) is 29.1 Å². The number of rotatable bonds is 3. The first-order valence-electron chi connectivity index (χ1n) is 4.91. The fraction of sp³-hybridized carbons (Fsp3) is 0.154. The third-order valence-corrected chi connectivity index (χ3v) is 1.83. The molecule has 0 heterocycles. The Morgan fingerprint density at radius 2 is 2.06 bits per heavy atom. The summed E-state index contributed by atoms with van der Waals surface area (Å²) in [6, 6.07) is 8.29. The van der Waals surface area contributed by atoms with Gasteiger partial charge in [-0.15, -0.1) is 6.58 Å². The molecule has 1 amide bonds. The van der Waals surface area contributed by atoms with Crippen LogP contribution in [0.2, 0.25) is 0 Å². The van der Waals surface area contributed by atoms with Gasteiger partial charge in [-0.2, -0.15) is 8.78 Å². The highest BCUT2D eigenvalue weighted by Crippen LogP contribution is 2.12. The maximum Gasteiger partial charge on any atom is 0.385 e. The minimum Gasteiger partial charge on any atom is -0.346 e. The molecule has 0 radical (unpaired) electrons. The van der Waals surface area contributed by atoms with Crippen molar-refractivity contribution in [2.24, 2.45) is 0 Å². The molecule has 0 fully saturated rings. The van der Waals surface area contributed by atoms with Gasteiger partial charge in [-0.05, 0) is 18.1 Å². The molecule has 0 aliphatic carbocycles. The molecule has 0 aliphatic rings. The highest BCUT2D eigenvalue weighted by Gasteiger charge is 2.36. The van der Waals surface area contributed by atoms with Gasteiger partial charge in [0.15, 0.2) is 0 Å². The average Bonchev–Trinajstić information content (AvgIpc) is 2.35. The predicted molar refractivity (Wildman–Crippen MR) is 61.5 cm³/mol. The number of alkyl halides is 2. The fourth-order valence-electron chi connectivity index (χ4n) is 1.00. The van der Waals surface area contributed by atoms with Crippen molar-refractivity contribution in [1.82, 2.24) is 5.32 Å². The minimum absolute atomic E-state index is 0.0125. The number of carbonyl (C=O) groups excluding carboxylic acids is 1. The molecule has 4 heteroatoms. The van der Waals surface area contributed by atoms with Crippen LogP contribution in [0.1, 0.15) is 5.56 Å². The van der Waals surface area contributed by atoms with E-state index in [1.54, 1.807) is 36.3 Å². The van der Waals surface area contributed by atoms with Crippen LogP contribution in [0.4, 0.5) is 8.78 Å². The van der Waals surface area contributed by atoms with Gasteiger partial charge < -0.3 is 5.32 Å². The highest BCUT2D eigenvalue weighted by atomic mass is 19.3. The van der Waals surface area contributed by atoms with E-state index in [1.807, 2.05) is 5.32 Å². The Kier molecular flexibility index (Phi) is 4.41. The summed E-state index contributed by atoms with van der Waals surface area (Å²) >= 11 is 0. The summed E-state index contributed by atoms with van der Waals surface area (Å²) in [6.45, 7) is 3.30. The molecule has 1 aromatic carbocycles. The first kappa shape index (κ1) is 12.9. The second-order valence-electron chi connectivity index (χ2n) is 3.19. The maximum absolute atomic E-state index is 13.2. The Morgan fingerprint density at radius 1 is 1.41 bits per heavy atom. The molecule has 1 N–H and O–H groups in total. The SMILES string of the molecule is C=CCNC(=O)C(F)(F)C#Cc1ccccc1. The molecule has 2 nitrogen and oxygen atoms in total. The number of hydrogen-bond donors (Lipinski definition) is 1. The molecule has 88 valence electrons. The van der Waals surface area contributed by atoms with Crippen molar-refractivity contribution in [2.75, 3.05) is 6.54 Å². The second kappa shape index (κ2) is 5.80. The zero-order chi connectivity index (χ0) is 12.7. The maximum atomic E-state index is 13.2. The van der Waals surface area contributed by atoms with Crippen molar-refractivity contribution in [3.63, 3.8) is 0 Å². The van der Waals surface area contributed by atoms with Gasteiger partial charge in [0, 0.05) is 12.1 Å². The smallest absolute Gasteiger partial charge is 0.346 e. The Labute approximate surface area is 98.3 Å². The number of amides is 1. The summed E-state index contributed by atoms with van der Waals surface area (Å²) in [5.74, 6) is -1.20. The number of hydrogen-bond acceptors (Lipinski definition) is 1. The lowest BCUT2D eigenvalue weighted by molar-refractivity contribution is -0.138. The number of nitrogens with one attached hydrogen (secondary N) is 1. The summed E-state index contributed by atoms with van der Waals surface area (Å²) in [4.78, 5) is 11.0. The normalized spacial score (nSPS) is 10.0. The van der Waals surface area contributed by atoms with Crippen LogP contribution >= 0.6 is 0 Å². The molecule has 0 aromatic heterocycles. The molecule has 0 aliphatic heterocycles. The molecule has 0 bridgehead atoms. The fourth-order valence-corrected chi connectivity index (χ4v) is 1.00. The lowest BCUT2D eigenvalue weighted by atomic mass is 10.2. The molecular formula is C13H11F2NO. The van der Waals surface area contributed by atoms with E-state index in [1.165, 1.54) is 6.08 Å². The summed E-state index contributed by atoms with van der Waals surface area (Å²) in [5.41, 5.74) is 0.434. The monoisotopic (exact) mass is 235 g/mol. The lowest BCUT2D eigenvalue weighted by Crippen LogP contribution is -2.39. The molecule has 0 saturated carbocycles. The van der Waals surface area contributed by atoms with Crippen molar-refractivity contribution in [2.45, 2.75) is 5.92 Å². The van der Waals surface area contributed by atoms with Crippen LogP contribution < -0.4 is 5.32 Å². The van der Waals surface area contributed by atoms with E-state index in [-0.39, 0.29) is 6.54 Å². The van der Waals surface area contributed by atoms with Crippen molar-refractivity contribution < 1.29 is 13.6 Å². The van der Waals surface area contributed by atoms with Crippen LogP contribution in [0.25, 0.3) is 0 Å². The van der Waals surface area contributed by atoms with Gasteiger partial charge in [-0.3, -0.25) is 4.79 Å². The van der Waals surface area contributed by atoms with Gasteiger partial charge in [0.1, 0.15) is 0 Å². The Hall–Kier alpha value is -2.15. The largest absolute Gasteiger partial charge is 0.385 e. The number of halogens is 2. The number of carbonyl (C=O) groups is 1. The van der Waals surface area contributed by atoms with Gasteiger partial charge in [0.2, 0.25) is 0 Å². The van der Waals surface area contributed by atoms with Gasteiger partial charge >= 0.3 is 11.8 Å². The summed E-state index contributed by atoms with van der Waals surface area (Å²) in [5, 5.41) is 2.00. The average molecular weight is 235 g/mol. The van der Waals surface area contributed by atoms with Crippen LogP contribution in [0.3, 0.4) is 0 Å². The molecule has 0 spiro atoms. The molecule has 17 heavy (non-hydrogen) atoms. The van der Waals surface area contributed by atoms with E-state index >= 15 is 0 Å². The van der Waals surface area contributed by atoms with E-state index in [4.69, 9.17) is 0 Å². The quantitative estimate of drug-likeness (QED) is 0.630. The zero-order valence-electron chi connectivity index (χ0n) is 9.04. The van der Waals surface area contributed by atoms with Gasteiger partial charge in [0.05, 0.1) is 0 Å². The standard InChI is InChI=1S/C13H11F2NO/c1-2-10-16-12(17)13(14,15)9-8-11-6-4-3-5-7-11/h2-7H,1,10H2,(H,16,17). The Balaban J connectivity index is 2.76. The molecule has 0 unspecified atom stereocenters. The third kappa shape index (κ3) is 4.07. The summed E-state index contributed by atoms with van der Waals surface area (Å²) in [6.07, 6.45) is 1.32. The lowest BCUT2D eigenvalue weighted by Gasteiger charge is -2.08. The number of benzene rings is 1. The first-order chi connectivity index (χ1) is 8.06. The van der Waals surface area contributed by atoms with E-state index in [0.717, 1.165) is 0 Å². The molecule has 1 aromatic rings. The van der Waals surface area contributed by atoms with Crippen molar-refractivity contribution in [3.8, 4) is 11.8 Å². The van der Waals surface area contributed by atoms with E-state index in [9.17, 15) is 13.6 Å². The Bertz CT molecular complexity index is 457. The van der Waals surface area contributed by atoms with Crippen LogP contribution in [0.5, 0.6) is 0 Å². The third-order valence-electron chi connectivity index (χ3n) is 1.83. The van der Waals surface area contributed by atoms with Crippen LogP contribution in [0.15, 0.2) is 43.0 Å². The summed E-state index contributed by atoms with van der Waals surface area (Å²) < 4.78 is 26.4. The first-order valence-corrected chi connectivity index (χ1v) is 4.91. The molecule has 0 saturated heterocycles. The molecule has 1 rings (SSSR count). The second-order valence-corrected chi connectivity index (χ2v) is 3.19. The van der Waals surface area contributed by atoms with Crippen molar-refractivity contribution in [1.29, 1.82) is 0 Å². The van der Waals surface area contributed by atoms with E-state index in [2.05, 4.69) is 12.5 Å². The summed E-state index contributed by atoms with van der Waals surface area (Å²) in [7, 11) is 0. The van der Waals surface area contributed by atoms with Gasteiger partial charge in [0.25, 0.3) is 0 Å². The van der Waals surface area contributed by atoms with Crippen LogP contribution in [0, 0.1) is 11.8 Å². The van der Waals surface area contributed by atoms with Gasteiger partial charge in [-0.1, -0.05) is 30.2 Å². The molecule has 0 atom stereocenters. The van der Waals surface area contributed by atoms with Crippen LogP contribution in [-0.2, 0) is 4.79 Å². The minimum atomic E-state index is -3.70. The zero-order valence-corrected chi connectivity index (χ0v) is 9.04.